The van der Waals surface area contributed by atoms with E-state index in [9.17, 15) is 5.11 Å². The van der Waals surface area contributed by atoms with Crippen molar-refractivity contribution in [3.05, 3.63) is 41.4 Å². The number of hydrogen-bond donors (Lipinski definition) is 1. The molecule has 1 unspecified atom stereocenters. The second-order valence-corrected chi connectivity index (χ2v) is 3.62. The van der Waals surface area contributed by atoms with Crippen LogP contribution in [0.4, 0.5) is 0 Å². The summed E-state index contributed by atoms with van der Waals surface area (Å²) in [5.74, 6) is 0.805. The second-order valence-electron chi connectivity index (χ2n) is 3.37. The van der Waals surface area contributed by atoms with Crippen molar-refractivity contribution in [1.82, 2.24) is 0 Å². The third-order valence-corrected chi connectivity index (χ3v) is 2.07. The third kappa shape index (κ3) is 4.86. The fraction of sp³-hybridized carbons (Fsp3) is 0.333. The minimum Gasteiger partial charge on any atom is -0.490 e. The van der Waals surface area contributed by atoms with E-state index >= 15 is 0 Å². The quantitative estimate of drug-likeness (QED) is 0.837. The Hall–Kier alpha value is -0.990. The topological polar surface area (TPSA) is 29.5 Å². The third-order valence-electron chi connectivity index (χ3n) is 1.89. The minimum absolute atomic E-state index is 0.309. The number of hydrogen-bond acceptors (Lipinski definition) is 2. The minimum atomic E-state index is -0.309. The van der Waals surface area contributed by atoms with E-state index in [1.165, 1.54) is 5.54 Å². The molecule has 0 spiro atoms. The molecule has 1 atom stereocenters. The molecule has 1 aromatic carbocycles. The first-order valence-corrected chi connectivity index (χ1v) is 5.31. The van der Waals surface area contributed by atoms with E-state index in [-0.39, 0.29) is 6.10 Å². The molecular formula is C12H15ClO2. The van der Waals surface area contributed by atoms with Crippen LogP contribution in [0.25, 0.3) is 0 Å². The molecule has 0 amide bonds. The molecule has 0 aliphatic heterocycles. The van der Waals surface area contributed by atoms with Crippen molar-refractivity contribution < 1.29 is 9.84 Å². The highest BCUT2D eigenvalue weighted by Crippen LogP contribution is 2.13. The standard InChI is InChI=1S/C12H15ClO2/c1-10(14)9-11-3-5-12(6-4-11)15-8-2-7-13/h2-7,10,14H,8-9H2,1H3/b7-2+. The van der Waals surface area contributed by atoms with Crippen molar-refractivity contribution in [1.29, 1.82) is 0 Å². The maximum absolute atomic E-state index is 9.19. The zero-order valence-corrected chi connectivity index (χ0v) is 9.45. The first-order valence-electron chi connectivity index (χ1n) is 4.87. The Morgan fingerprint density at radius 3 is 2.60 bits per heavy atom. The van der Waals surface area contributed by atoms with Gasteiger partial charge < -0.3 is 9.84 Å². The summed E-state index contributed by atoms with van der Waals surface area (Å²) in [5, 5.41) is 9.19. The average molecular weight is 227 g/mol. The zero-order valence-electron chi connectivity index (χ0n) is 8.69. The molecule has 0 fully saturated rings. The van der Waals surface area contributed by atoms with Crippen molar-refractivity contribution in [2.45, 2.75) is 19.4 Å². The highest BCUT2D eigenvalue weighted by molar-refractivity contribution is 6.25. The first kappa shape index (κ1) is 12.1. The highest BCUT2D eigenvalue weighted by Gasteiger charge is 1.99. The van der Waals surface area contributed by atoms with Crippen LogP contribution in [0.3, 0.4) is 0 Å². The molecule has 0 aliphatic rings. The molecule has 1 aromatic rings. The molecule has 0 aliphatic carbocycles. The fourth-order valence-corrected chi connectivity index (χ4v) is 1.32. The van der Waals surface area contributed by atoms with Crippen LogP contribution >= 0.6 is 11.6 Å². The number of halogens is 1. The van der Waals surface area contributed by atoms with Gasteiger partial charge in [-0.25, -0.2) is 0 Å². The van der Waals surface area contributed by atoms with E-state index in [2.05, 4.69) is 0 Å². The van der Waals surface area contributed by atoms with E-state index in [0.717, 1.165) is 11.3 Å². The Morgan fingerprint density at radius 1 is 1.40 bits per heavy atom. The number of benzene rings is 1. The molecule has 0 radical (unpaired) electrons. The number of ether oxygens (including phenoxy) is 1. The maximum Gasteiger partial charge on any atom is 0.119 e. The van der Waals surface area contributed by atoms with Crippen LogP contribution in [-0.4, -0.2) is 17.8 Å². The highest BCUT2D eigenvalue weighted by atomic mass is 35.5. The van der Waals surface area contributed by atoms with Crippen molar-refractivity contribution in [3.63, 3.8) is 0 Å². The smallest absolute Gasteiger partial charge is 0.119 e. The summed E-state index contributed by atoms with van der Waals surface area (Å²) in [7, 11) is 0. The van der Waals surface area contributed by atoms with Gasteiger partial charge in [0.1, 0.15) is 12.4 Å². The first-order chi connectivity index (χ1) is 7.22. The Labute approximate surface area is 95.1 Å². The lowest BCUT2D eigenvalue weighted by molar-refractivity contribution is 0.195. The Bertz CT molecular complexity index is 304. The van der Waals surface area contributed by atoms with Gasteiger partial charge in [0.05, 0.1) is 6.10 Å². The van der Waals surface area contributed by atoms with Crippen LogP contribution < -0.4 is 4.74 Å². The lowest BCUT2D eigenvalue weighted by Crippen LogP contribution is -2.03. The van der Waals surface area contributed by atoms with Crippen LogP contribution in [0.5, 0.6) is 5.75 Å². The molecule has 1 rings (SSSR count). The number of aliphatic hydroxyl groups is 1. The van der Waals surface area contributed by atoms with Gasteiger partial charge in [0.2, 0.25) is 0 Å². The number of rotatable bonds is 5. The molecular weight excluding hydrogens is 212 g/mol. The SMILES string of the molecule is CC(O)Cc1ccc(OC/C=C/Cl)cc1. The van der Waals surface area contributed by atoms with Crippen molar-refractivity contribution >= 4 is 11.6 Å². The molecule has 0 aromatic heterocycles. The lowest BCUT2D eigenvalue weighted by atomic mass is 10.1. The van der Waals surface area contributed by atoms with E-state index in [4.69, 9.17) is 16.3 Å². The normalized spacial score (nSPS) is 13.0. The van der Waals surface area contributed by atoms with Gasteiger partial charge in [-0.3, -0.25) is 0 Å². The summed E-state index contributed by atoms with van der Waals surface area (Å²) in [6.07, 6.45) is 2.09. The molecule has 0 saturated carbocycles. The summed E-state index contributed by atoms with van der Waals surface area (Å²) in [6.45, 7) is 2.24. The predicted molar refractivity (Wildman–Crippen MR) is 62.3 cm³/mol. The van der Waals surface area contributed by atoms with Gasteiger partial charge in [-0.1, -0.05) is 23.7 Å². The largest absolute Gasteiger partial charge is 0.490 e. The van der Waals surface area contributed by atoms with E-state index in [1.54, 1.807) is 13.0 Å². The van der Waals surface area contributed by atoms with Crippen LogP contribution in [0.15, 0.2) is 35.9 Å². The van der Waals surface area contributed by atoms with Gasteiger partial charge in [-0.05, 0) is 37.1 Å². The van der Waals surface area contributed by atoms with Crippen LogP contribution in [-0.2, 0) is 6.42 Å². The Kier molecular flexibility index (Phi) is 5.22. The molecule has 2 nitrogen and oxygen atoms in total. The van der Waals surface area contributed by atoms with Crippen LogP contribution in [0, 0.1) is 0 Å². The fourth-order valence-electron chi connectivity index (χ4n) is 1.24. The Balaban J connectivity index is 2.48. The molecule has 0 saturated heterocycles. The Morgan fingerprint density at radius 2 is 2.07 bits per heavy atom. The average Bonchev–Trinajstić information content (AvgIpc) is 2.20. The van der Waals surface area contributed by atoms with Crippen molar-refractivity contribution in [2.75, 3.05) is 6.61 Å². The summed E-state index contributed by atoms with van der Waals surface area (Å²) in [4.78, 5) is 0. The van der Waals surface area contributed by atoms with Gasteiger partial charge in [-0.2, -0.15) is 0 Å². The summed E-state index contributed by atoms with van der Waals surface area (Å²) < 4.78 is 5.37. The zero-order chi connectivity index (χ0) is 11.1. The predicted octanol–water partition coefficient (Wildman–Crippen LogP) is 2.74. The van der Waals surface area contributed by atoms with Gasteiger partial charge >= 0.3 is 0 Å². The van der Waals surface area contributed by atoms with Crippen molar-refractivity contribution in [3.8, 4) is 5.75 Å². The van der Waals surface area contributed by atoms with E-state index in [1.807, 2.05) is 24.3 Å². The second kappa shape index (κ2) is 6.49. The lowest BCUT2D eigenvalue weighted by Gasteiger charge is -2.06. The summed E-state index contributed by atoms with van der Waals surface area (Å²) in [5.41, 5.74) is 2.53. The van der Waals surface area contributed by atoms with Gasteiger partial charge in [0.15, 0.2) is 0 Å². The molecule has 1 N–H and O–H groups in total. The summed E-state index contributed by atoms with van der Waals surface area (Å²) in [6, 6.07) is 7.68. The summed E-state index contributed by atoms with van der Waals surface area (Å²) >= 11 is 5.36. The molecule has 0 bridgehead atoms. The van der Waals surface area contributed by atoms with E-state index < -0.39 is 0 Å². The molecule has 0 heterocycles. The van der Waals surface area contributed by atoms with Gasteiger partial charge in [0.25, 0.3) is 0 Å². The number of aliphatic hydroxyl groups excluding tert-OH is 1. The van der Waals surface area contributed by atoms with Crippen LogP contribution in [0.2, 0.25) is 0 Å². The maximum atomic E-state index is 9.19. The molecule has 15 heavy (non-hydrogen) atoms. The van der Waals surface area contributed by atoms with Crippen LogP contribution in [0.1, 0.15) is 12.5 Å². The molecule has 3 heteroatoms. The van der Waals surface area contributed by atoms with Crippen molar-refractivity contribution in [2.24, 2.45) is 0 Å². The monoisotopic (exact) mass is 226 g/mol. The van der Waals surface area contributed by atoms with Gasteiger partial charge in [0, 0.05) is 5.54 Å². The van der Waals surface area contributed by atoms with E-state index in [0.29, 0.717) is 13.0 Å². The van der Waals surface area contributed by atoms with Gasteiger partial charge in [-0.15, -0.1) is 0 Å². The molecule has 82 valence electrons.